The number of carbonyl (C=O) groups is 2. The number of fused-ring (bicyclic) bond motifs is 2. The summed E-state index contributed by atoms with van der Waals surface area (Å²) in [7, 11) is 1.81. The molecule has 2 fully saturated rings. The van der Waals surface area contributed by atoms with Crippen LogP contribution in [0.3, 0.4) is 0 Å². The third kappa shape index (κ3) is 2.44. The van der Waals surface area contributed by atoms with Crippen molar-refractivity contribution in [1.29, 1.82) is 0 Å². The molecular formula is C19H21ClN2O3. The second kappa shape index (κ2) is 6.06. The van der Waals surface area contributed by atoms with E-state index in [2.05, 4.69) is 0 Å². The number of carboxylic acids is 1. The van der Waals surface area contributed by atoms with Crippen LogP contribution in [0.2, 0.25) is 5.02 Å². The first-order valence-electron chi connectivity index (χ1n) is 8.79. The van der Waals surface area contributed by atoms with E-state index in [-0.39, 0.29) is 17.9 Å². The van der Waals surface area contributed by atoms with E-state index in [1.54, 1.807) is 9.47 Å². The lowest BCUT2D eigenvalue weighted by atomic mass is 9.84. The molecule has 3 atom stereocenters. The fourth-order valence-corrected chi connectivity index (χ4v) is 5.05. The third-order valence-corrected chi connectivity index (χ3v) is 6.24. The molecular weight excluding hydrogens is 340 g/mol. The number of amides is 1. The van der Waals surface area contributed by atoms with E-state index in [9.17, 15) is 14.7 Å². The van der Waals surface area contributed by atoms with Crippen molar-refractivity contribution in [3.63, 3.8) is 0 Å². The minimum atomic E-state index is -0.919. The number of aryl methyl sites for hydroxylation is 1. The van der Waals surface area contributed by atoms with Crippen molar-refractivity contribution in [2.45, 2.75) is 44.2 Å². The van der Waals surface area contributed by atoms with Crippen LogP contribution in [0.4, 0.5) is 0 Å². The topological polar surface area (TPSA) is 62.5 Å². The second-order valence-corrected chi connectivity index (χ2v) is 7.53. The van der Waals surface area contributed by atoms with Crippen LogP contribution >= 0.6 is 11.6 Å². The van der Waals surface area contributed by atoms with Crippen LogP contribution in [-0.4, -0.2) is 38.5 Å². The summed E-state index contributed by atoms with van der Waals surface area (Å²) >= 11 is 6.52. The smallest absolute Gasteiger partial charge is 0.326 e. The normalized spacial score (nSPS) is 26.0. The van der Waals surface area contributed by atoms with Crippen LogP contribution in [0.1, 0.15) is 42.6 Å². The van der Waals surface area contributed by atoms with Crippen molar-refractivity contribution in [3.05, 3.63) is 35.0 Å². The molecule has 2 heterocycles. The molecule has 1 saturated carbocycles. The van der Waals surface area contributed by atoms with Crippen molar-refractivity contribution < 1.29 is 14.7 Å². The zero-order valence-electron chi connectivity index (χ0n) is 14.1. The standard InChI is InChI=1S/C19H21ClN2O3/c1-21-14-9-5-3-7-12(14)16(20)17(21)18(23)22-13-8-4-2-6-11(13)10-15(22)19(24)25/h3,5,7,9,11,13,15H,2,4,6,8,10H2,1H3,(H,24,25). The zero-order valence-corrected chi connectivity index (χ0v) is 14.9. The van der Waals surface area contributed by atoms with Gasteiger partial charge in [0.15, 0.2) is 0 Å². The molecule has 3 unspecified atom stereocenters. The third-order valence-electron chi connectivity index (χ3n) is 5.86. The van der Waals surface area contributed by atoms with E-state index in [0.29, 0.717) is 17.1 Å². The van der Waals surface area contributed by atoms with Crippen LogP contribution in [0.5, 0.6) is 0 Å². The number of likely N-dealkylation sites (tertiary alicyclic amines) is 1. The number of rotatable bonds is 2. The highest BCUT2D eigenvalue weighted by Crippen LogP contribution is 2.42. The Morgan fingerprint density at radius 1 is 1.20 bits per heavy atom. The maximum absolute atomic E-state index is 13.4. The van der Waals surface area contributed by atoms with E-state index >= 15 is 0 Å². The number of hydrogen-bond acceptors (Lipinski definition) is 2. The molecule has 2 aliphatic rings. The van der Waals surface area contributed by atoms with Crippen LogP contribution in [-0.2, 0) is 11.8 Å². The van der Waals surface area contributed by atoms with Gasteiger partial charge in [-0.25, -0.2) is 4.79 Å². The number of hydrogen-bond donors (Lipinski definition) is 1. The van der Waals surface area contributed by atoms with Gasteiger partial charge in [0, 0.05) is 24.0 Å². The number of carboxylic acid groups (broad SMARTS) is 1. The van der Waals surface area contributed by atoms with Gasteiger partial charge in [-0.2, -0.15) is 0 Å². The Morgan fingerprint density at radius 2 is 1.92 bits per heavy atom. The fourth-order valence-electron chi connectivity index (χ4n) is 4.68. The SMILES string of the molecule is Cn1c(C(=O)N2C(C(=O)O)CC3CCCCC32)c(Cl)c2ccccc21. The lowest BCUT2D eigenvalue weighted by Crippen LogP contribution is -2.46. The predicted molar refractivity (Wildman–Crippen MR) is 95.9 cm³/mol. The Labute approximate surface area is 151 Å². The summed E-state index contributed by atoms with van der Waals surface area (Å²) in [5.41, 5.74) is 1.27. The maximum atomic E-state index is 13.4. The molecule has 1 saturated heterocycles. The minimum absolute atomic E-state index is 0.0106. The van der Waals surface area contributed by atoms with Gasteiger partial charge in [-0.1, -0.05) is 42.6 Å². The van der Waals surface area contributed by atoms with Gasteiger partial charge in [-0.05, 0) is 31.2 Å². The van der Waals surface area contributed by atoms with Gasteiger partial charge < -0.3 is 14.6 Å². The first-order chi connectivity index (χ1) is 12.0. The summed E-state index contributed by atoms with van der Waals surface area (Å²) in [6, 6.07) is 6.85. The number of carbonyl (C=O) groups excluding carboxylic acids is 1. The van der Waals surface area contributed by atoms with E-state index < -0.39 is 12.0 Å². The molecule has 25 heavy (non-hydrogen) atoms. The average Bonchev–Trinajstić information content (AvgIpc) is 3.12. The van der Waals surface area contributed by atoms with Crippen LogP contribution in [0.15, 0.2) is 24.3 Å². The molecule has 1 N–H and O–H groups in total. The molecule has 0 bridgehead atoms. The highest BCUT2D eigenvalue weighted by molar-refractivity contribution is 6.38. The fraction of sp³-hybridized carbons (Fsp3) is 0.474. The van der Waals surface area contributed by atoms with Gasteiger partial charge >= 0.3 is 5.97 Å². The number of benzene rings is 1. The van der Waals surface area contributed by atoms with Gasteiger partial charge in [-0.15, -0.1) is 0 Å². The molecule has 4 rings (SSSR count). The van der Waals surface area contributed by atoms with Gasteiger partial charge in [0.2, 0.25) is 0 Å². The number of aromatic nitrogens is 1. The lowest BCUT2D eigenvalue weighted by Gasteiger charge is -2.33. The van der Waals surface area contributed by atoms with Gasteiger partial charge in [0.1, 0.15) is 11.7 Å². The monoisotopic (exact) mass is 360 g/mol. The number of nitrogens with zero attached hydrogens (tertiary/aromatic N) is 2. The van der Waals surface area contributed by atoms with E-state index in [4.69, 9.17) is 11.6 Å². The maximum Gasteiger partial charge on any atom is 0.326 e. The molecule has 6 heteroatoms. The largest absolute Gasteiger partial charge is 0.480 e. The molecule has 1 aromatic heterocycles. The Kier molecular flexibility index (Phi) is 3.99. The molecule has 1 aromatic carbocycles. The number of para-hydroxylation sites is 1. The number of halogens is 1. The Morgan fingerprint density at radius 3 is 2.64 bits per heavy atom. The van der Waals surface area contributed by atoms with Gasteiger partial charge in [-0.3, -0.25) is 4.79 Å². The Balaban J connectivity index is 1.80. The van der Waals surface area contributed by atoms with Crippen LogP contribution < -0.4 is 0 Å². The van der Waals surface area contributed by atoms with Crippen molar-refractivity contribution in [1.82, 2.24) is 9.47 Å². The zero-order chi connectivity index (χ0) is 17.7. The van der Waals surface area contributed by atoms with E-state index in [0.717, 1.165) is 36.6 Å². The molecule has 2 aromatic rings. The minimum Gasteiger partial charge on any atom is -0.480 e. The highest BCUT2D eigenvalue weighted by Gasteiger charge is 2.48. The predicted octanol–water partition coefficient (Wildman–Crippen LogP) is 3.69. The Bertz CT molecular complexity index is 821. The van der Waals surface area contributed by atoms with Crippen molar-refractivity contribution in [2.24, 2.45) is 13.0 Å². The molecule has 0 spiro atoms. The summed E-state index contributed by atoms with van der Waals surface area (Å²) < 4.78 is 1.79. The van der Waals surface area contributed by atoms with Crippen LogP contribution in [0, 0.1) is 5.92 Å². The highest BCUT2D eigenvalue weighted by atomic mass is 35.5. The molecule has 1 aliphatic heterocycles. The molecule has 0 radical (unpaired) electrons. The second-order valence-electron chi connectivity index (χ2n) is 7.15. The Hall–Kier alpha value is -2.01. The summed E-state index contributed by atoms with van der Waals surface area (Å²) in [6.45, 7) is 0. The average molecular weight is 361 g/mol. The summed E-state index contributed by atoms with van der Waals surface area (Å²) in [4.78, 5) is 26.8. The van der Waals surface area contributed by atoms with E-state index in [1.807, 2.05) is 31.3 Å². The first kappa shape index (κ1) is 16.5. The molecule has 1 amide bonds. The quantitative estimate of drug-likeness (QED) is 0.888. The van der Waals surface area contributed by atoms with Gasteiger partial charge in [0.05, 0.1) is 5.02 Å². The summed E-state index contributed by atoms with van der Waals surface area (Å²) in [5.74, 6) is -0.893. The van der Waals surface area contributed by atoms with Crippen molar-refractivity contribution in [2.75, 3.05) is 0 Å². The molecule has 5 nitrogen and oxygen atoms in total. The molecule has 1 aliphatic carbocycles. The lowest BCUT2D eigenvalue weighted by molar-refractivity contribution is -0.141. The van der Waals surface area contributed by atoms with Crippen LogP contribution in [0.25, 0.3) is 10.9 Å². The van der Waals surface area contributed by atoms with Crippen molar-refractivity contribution >= 4 is 34.4 Å². The van der Waals surface area contributed by atoms with Crippen molar-refractivity contribution in [3.8, 4) is 0 Å². The molecule has 132 valence electrons. The summed E-state index contributed by atoms with van der Waals surface area (Å²) in [6.07, 6.45) is 4.58. The van der Waals surface area contributed by atoms with E-state index in [1.165, 1.54) is 0 Å². The summed E-state index contributed by atoms with van der Waals surface area (Å²) in [5, 5.41) is 10.9. The number of aliphatic carboxylic acids is 1. The first-order valence-corrected chi connectivity index (χ1v) is 9.17. The van der Waals surface area contributed by atoms with Gasteiger partial charge in [0.25, 0.3) is 5.91 Å².